The van der Waals surface area contributed by atoms with E-state index in [1.807, 2.05) is 30.3 Å². The predicted molar refractivity (Wildman–Crippen MR) is 50.9 cm³/mol. The molecule has 0 spiro atoms. The van der Waals surface area contributed by atoms with Gasteiger partial charge in [-0.2, -0.15) is 0 Å². The molecule has 0 bridgehead atoms. The van der Waals surface area contributed by atoms with Crippen molar-refractivity contribution >= 4 is 11.7 Å². The maximum Gasteiger partial charge on any atom is 0.349 e. The molecule has 0 atom stereocenters. The maximum absolute atomic E-state index is 10.4. The molecule has 0 aliphatic carbocycles. The lowest BCUT2D eigenvalue weighted by Crippen LogP contribution is -2.08. The summed E-state index contributed by atoms with van der Waals surface area (Å²) in [6.07, 6.45) is 0. The number of hydrogen-bond donors (Lipinski definition) is 1. The lowest BCUT2D eigenvalue weighted by molar-refractivity contribution is -0.129. The molecule has 0 aliphatic rings. The first-order chi connectivity index (χ1) is 6.20. The highest BCUT2D eigenvalue weighted by atomic mass is 16.4. The molecule has 0 heterocycles. The molecule has 0 saturated carbocycles. The van der Waals surface area contributed by atoms with Crippen molar-refractivity contribution in [1.29, 1.82) is 0 Å². The summed E-state index contributed by atoms with van der Waals surface area (Å²) >= 11 is 0. The van der Waals surface area contributed by atoms with E-state index in [0.29, 0.717) is 6.54 Å². The van der Waals surface area contributed by atoms with Gasteiger partial charge in [0.2, 0.25) is 0 Å². The molecule has 0 aliphatic heterocycles. The van der Waals surface area contributed by atoms with Gasteiger partial charge in [0, 0.05) is 0 Å². The number of aliphatic imine (C=N–C) groups is 1. The monoisotopic (exact) mass is 177 g/mol. The highest BCUT2D eigenvalue weighted by Gasteiger charge is 1.99. The summed E-state index contributed by atoms with van der Waals surface area (Å²) in [6.45, 7) is 1.92. The molecule has 0 saturated heterocycles. The summed E-state index contributed by atoms with van der Waals surface area (Å²) in [5, 5.41) is 8.53. The Morgan fingerprint density at radius 1 is 1.38 bits per heavy atom. The van der Waals surface area contributed by atoms with E-state index in [0.717, 1.165) is 5.56 Å². The molecule has 0 aromatic heterocycles. The Kier molecular flexibility index (Phi) is 3.20. The number of carboxylic acids is 1. The van der Waals surface area contributed by atoms with Crippen LogP contribution in [-0.2, 0) is 11.3 Å². The molecule has 1 N–H and O–H groups in total. The van der Waals surface area contributed by atoms with Crippen LogP contribution >= 0.6 is 0 Å². The van der Waals surface area contributed by atoms with Crippen LogP contribution in [0.2, 0.25) is 0 Å². The Bertz CT molecular complexity index is 317. The molecule has 3 heteroatoms. The van der Waals surface area contributed by atoms with Gasteiger partial charge in [-0.3, -0.25) is 4.99 Å². The van der Waals surface area contributed by atoms with Crippen LogP contribution in [0, 0.1) is 0 Å². The second-order valence-electron chi connectivity index (χ2n) is 2.69. The predicted octanol–water partition coefficient (Wildman–Crippen LogP) is 1.73. The zero-order valence-electron chi connectivity index (χ0n) is 7.40. The van der Waals surface area contributed by atoms with Crippen LogP contribution in [0.1, 0.15) is 12.5 Å². The second-order valence-corrected chi connectivity index (χ2v) is 2.69. The zero-order chi connectivity index (χ0) is 9.68. The molecule has 0 radical (unpaired) electrons. The van der Waals surface area contributed by atoms with Gasteiger partial charge < -0.3 is 5.11 Å². The third-order valence-electron chi connectivity index (χ3n) is 1.65. The summed E-state index contributed by atoms with van der Waals surface area (Å²) in [6, 6.07) is 9.55. The largest absolute Gasteiger partial charge is 0.477 e. The molecule has 3 nitrogen and oxygen atoms in total. The summed E-state index contributed by atoms with van der Waals surface area (Å²) in [5.41, 5.74) is 1.16. The Labute approximate surface area is 76.7 Å². The van der Waals surface area contributed by atoms with Gasteiger partial charge in [-0.05, 0) is 12.5 Å². The summed E-state index contributed by atoms with van der Waals surface area (Å²) < 4.78 is 0. The van der Waals surface area contributed by atoms with Gasteiger partial charge in [0.1, 0.15) is 5.71 Å². The van der Waals surface area contributed by atoms with Crippen molar-refractivity contribution in [2.75, 3.05) is 0 Å². The van der Waals surface area contributed by atoms with Crippen molar-refractivity contribution in [1.82, 2.24) is 0 Å². The van der Waals surface area contributed by atoms with Gasteiger partial charge in [0.05, 0.1) is 6.54 Å². The zero-order valence-corrected chi connectivity index (χ0v) is 7.40. The average molecular weight is 177 g/mol. The first kappa shape index (κ1) is 9.45. The number of benzene rings is 1. The fraction of sp³-hybridized carbons (Fsp3) is 0.200. The van der Waals surface area contributed by atoms with Crippen molar-refractivity contribution in [2.24, 2.45) is 4.99 Å². The number of rotatable bonds is 3. The molecule has 13 heavy (non-hydrogen) atoms. The quantitative estimate of drug-likeness (QED) is 0.715. The number of hydrogen-bond acceptors (Lipinski definition) is 2. The standard InChI is InChI=1S/C10H11NO2/c1-8(10(12)13)11-7-9-5-3-2-4-6-9/h2-6H,7H2,1H3,(H,12,13). The van der Waals surface area contributed by atoms with Crippen LogP contribution in [0.25, 0.3) is 0 Å². The molecule has 1 aromatic carbocycles. The molecule has 1 aromatic rings. The Morgan fingerprint density at radius 2 is 2.00 bits per heavy atom. The van der Waals surface area contributed by atoms with Gasteiger partial charge in [-0.1, -0.05) is 30.3 Å². The highest BCUT2D eigenvalue weighted by Crippen LogP contribution is 2.00. The van der Waals surface area contributed by atoms with Gasteiger partial charge >= 0.3 is 5.97 Å². The number of nitrogens with zero attached hydrogens (tertiary/aromatic N) is 1. The van der Waals surface area contributed by atoms with Crippen molar-refractivity contribution in [2.45, 2.75) is 13.5 Å². The smallest absolute Gasteiger partial charge is 0.349 e. The molecule has 0 fully saturated rings. The molecule has 0 amide bonds. The molecule has 0 unspecified atom stereocenters. The first-order valence-corrected chi connectivity index (χ1v) is 3.98. The van der Waals surface area contributed by atoms with Gasteiger partial charge in [-0.15, -0.1) is 0 Å². The fourth-order valence-corrected chi connectivity index (χ4v) is 0.861. The van der Waals surface area contributed by atoms with E-state index < -0.39 is 5.97 Å². The molecular weight excluding hydrogens is 166 g/mol. The van der Waals surface area contributed by atoms with Crippen molar-refractivity contribution in [3.05, 3.63) is 35.9 Å². The third kappa shape index (κ3) is 3.07. The Morgan fingerprint density at radius 3 is 2.54 bits per heavy atom. The van der Waals surface area contributed by atoms with Gasteiger partial charge in [0.25, 0.3) is 0 Å². The van der Waals surface area contributed by atoms with Gasteiger partial charge in [0.15, 0.2) is 0 Å². The third-order valence-corrected chi connectivity index (χ3v) is 1.65. The van der Waals surface area contributed by atoms with Crippen LogP contribution in [0.4, 0.5) is 0 Å². The molecular formula is C10H11NO2. The Balaban J connectivity index is 2.62. The lowest BCUT2D eigenvalue weighted by atomic mass is 10.2. The van der Waals surface area contributed by atoms with E-state index >= 15 is 0 Å². The number of carbonyl (C=O) groups is 1. The van der Waals surface area contributed by atoms with Crippen molar-refractivity contribution in [3.8, 4) is 0 Å². The van der Waals surface area contributed by atoms with E-state index in [1.54, 1.807) is 0 Å². The first-order valence-electron chi connectivity index (χ1n) is 3.98. The minimum absolute atomic E-state index is 0.142. The second kappa shape index (κ2) is 4.40. The van der Waals surface area contributed by atoms with Gasteiger partial charge in [-0.25, -0.2) is 4.79 Å². The van der Waals surface area contributed by atoms with E-state index in [1.165, 1.54) is 6.92 Å². The Hall–Kier alpha value is -1.64. The van der Waals surface area contributed by atoms with Crippen LogP contribution in [0.3, 0.4) is 0 Å². The average Bonchev–Trinajstić information content (AvgIpc) is 2.15. The molecule has 68 valence electrons. The van der Waals surface area contributed by atoms with Crippen LogP contribution in [0.5, 0.6) is 0 Å². The number of carboxylic acid groups (broad SMARTS) is 1. The normalized spacial score (nSPS) is 11.3. The lowest BCUT2D eigenvalue weighted by Gasteiger charge is -1.95. The maximum atomic E-state index is 10.4. The number of aliphatic carboxylic acids is 1. The van der Waals surface area contributed by atoms with E-state index in [4.69, 9.17) is 5.11 Å². The SMILES string of the molecule is CC(=NCc1ccccc1)C(=O)O. The van der Waals surface area contributed by atoms with E-state index in [-0.39, 0.29) is 5.71 Å². The van der Waals surface area contributed by atoms with Crippen LogP contribution < -0.4 is 0 Å². The van der Waals surface area contributed by atoms with Crippen LogP contribution in [-0.4, -0.2) is 16.8 Å². The summed E-state index contributed by atoms with van der Waals surface area (Å²) in [4.78, 5) is 14.3. The summed E-state index contributed by atoms with van der Waals surface area (Å²) in [7, 11) is 0. The highest BCUT2D eigenvalue weighted by molar-refractivity contribution is 6.34. The topological polar surface area (TPSA) is 49.7 Å². The van der Waals surface area contributed by atoms with E-state index in [2.05, 4.69) is 4.99 Å². The molecule has 1 rings (SSSR count). The minimum Gasteiger partial charge on any atom is -0.477 e. The van der Waals surface area contributed by atoms with Crippen LogP contribution in [0.15, 0.2) is 35.3 Å². The summed E-state index contributed by atoms with van der Waals surface area (Å²) in [5.74, 6) is -0.962. The minimum atomic E-state index is -0.962. The van der Waals surface area contributed by atoms with Crippen molar-refractivity contribution in [3.63, 3.8) is 0 Å². The van der Waals surface area contributed by atoms with Crippen molar-refractivity contribution < 1.29 is 9.90 Å². The van der Waals surface area contributed by atoms with E-state index in [9.17, 15) is 4.79 Å². The fourth-order valence-electron chi connectivity index (χ4n) is 0.861.